The molecular weight excluding hydrogens is 192 g/mol. The lowest BCUT2D eigenvalue weighted by molar-refractivity contribution is -0.150. The van der Waals surface area contributed by atoms with Crippen LogP contribution in [0, 0.1) is 5.92 Å². The first-order chi connectivity index (χ1) is 6.94. The Balaban J connectivity index is 4.08. The summed E-state index contributed by atoms with van der Waals surface area (Å²) in [6.07, 6.45) is 3.23. The minimum Gasteiger partial charge on any atom is -0.466 e. The average molecular weight is 216 g/mol. The minimum absolute atomic E-state index is 0.0890. The van der Waals surface area contributed by atoms with E-state index in [1.54, 1.807) is 13.8 Å². The van der Waals surface area contributed by atoms with Crippen LogP contribution >= 0.6 is 0 Å². The van der Waals surface area contributed by atoms with E-state index < -0.39 is 5.60 Å². The molecule has 3 heteroatoms. The number of hydrogen-bond acceptors (Lipinski definition) is 3. The monoisotopic (exact) mass is 216 g/mol. The van der Waals surface area contributed by atoms with E-state index in [1.807, 2.05) is 6.92 Å². The number of esters is 1. The van der Waals surface area contributed by atoms with Crippen molar-refractivity contribution >= 4 is 5.97 Å². The predicted molar refractivity (Wildman–Crippen MR) is 60.6 cm³/mol. The van der Waals surface area contributed by atoms with Gasteiger partial charge in [0.25, 0.3) is 0 Å². The molecule has 1 N–H and O–H groups in total. The highest BCUT2D eigenvalue weighted by Crippen LogP contribution is 2.25. The van der Waals surface area contributed by atoms with Crippen molar-refractivity contribution in [2.24, 2.45) is 5.92 Å². The Hall–Kier alpha value is -0.570. The van der Waals surface area contributed by atoms with E-state index in [-0.39, 0.29) is 18.3 Å². The topological polar surface area (TPSA) is 46.5 Å². The molecule has 0 aliphatic rings. The van der Waals surface area contributed by atoms with Gasteiger partial charge in [-0.1, -0.05) is 26.7 Å². The van der Waals surface area contributed by atoms with Gasteiger partial charge in [-0.25, -0.2) is 0 Å². The van der Waals surface area contributed by atoms with E-state index in [4.69, 9.17) is 4.74 Å². The molecule has 2 unspecified atom stereocenters. The Labute approximate surface area is 92.8 Å². The van der Waals surface area contributed by atoms with Crippen LogP contribution in [0.4, 0.5) is 0 Å². The van der Waals surface area contributed by atoms with Crippen molar-refractivity contribution in [1.29, 1.82) is 0 Å². The van der Waals surface area contributed by atoms with Crippen molar-refractivity contribution in [1.82, 2.24) is 0 Å². The lowest BCUT2D eigenvalue weighted by Crippen LogP contribution is -2.36. The van der Waals surface area contributed by atoms with Gasteiger partial charge in [0.2, 0.25) is 0 Å². The zero-order valence-corrected chi connectivity index (χ0v) is 10.4. The minimum atomic E-state index is -0.943. The maximum atomic E-state index is 11.3. The van der Waals surface area contributed by atoms with Crippen LogP contribution in [0.1, 0.15) is 53.4 Å². The molecule has 0 amide bonds. The number of carbonyl (C=O) groups is 1. The molecule has 0 saturated heterocycles. The maximum Gasteiger partial charge on any atom is 0.308 e. The Kier molecular flexibility index (Phi) is 6.57. The summed E-state index contributed by atoms with van der Waals surface area (Å²) in [5.41, 5.74) is -0.943. The van der Waals surface area contributed by atoms with Crippen molar-refractivity contribution < 1.29 is 14.6 Å². The molecule has 15 heavy (non-hydrogen) atoms. The van der Waals surface area contributed by atoms with Gasteiger partial charge in [0.1, 0.15) is 0 Å². The summed E-state index contributed by atoms with van der Waals surface area (Å²) in [7, 11) is 0. The molecule has 0 aliphatic heterocycles. The fourth-order valence-electron chi connectivity index (χ4n) is 1.50. The van der Waals surface area contributed by atoms with Crippen molar-refractivity contribution in [3.63, 3.8) is 0 Å². The first-order valence-corrected chi connectivity index (χ1v) is 5.82. The molecule has 0 aromatic carbocycles. The second kappa shape index (κ2) is 6.83. The van der Waals surface area contributed by atoms with E-state index in [9.17, 15) is 9.90 Å². The molecule has 3 nitrogen and oxygen atoms in total. The molecular formula is C12H24O3. The van der Waals surface area contributed by atoms with Crippen molar-refractivity contribution in [2.45, 2.75) is 59.0 Å². The van der Waals surface area contributed by atoms with Gasteiger partial charge in [-0.2, -0.15) is 0 Å². The molecule has 0 rings (SSSR count). The smallest absolute Gasteiger partial charge is 0.308 e. The standard InChI is InChI=1S/C12H24O3/c1-5-7-8-10(3)12(4,14)9-11(13)15-6-2/h10,14H,5-9H2,1-4H3. The summed E-state index contributed by atoms with van der Waals surface area (Å²) < 4.78 is 4.83. The van der Waals surface area contributed by atoms with E-state index in [2.05, 4.69) is 6.92 Å². The second-order valence-corrected chi connectivity index (χ2v) is 4.38. The third kappa shape index (κ3) is 5.78. The number of hydrogen-bond donors (Lipinski definition) is 1. The predicted octanol–water partition coefficient (Wildman–Crippen LogP) is 2.52. The number of rotatable bonds is 7. The molecule has 0 radical (unpaired) electrons. The van der Waals surface area contributed by atoms with Crippen molar-refractivity contribution in [2.75, 3.05) is 6.61 Å². The van der Waals surface area contributed by atoms with E-state index in [0.29, 0.717) is 6.61 Å². The summed E-state index contributed by atoms with van der Waals surface area (Å²) in [6, 6.07) is 0. The van der Waals surface area contributed by atoms with Crippen LogP contribution in [0.3, 0.4) is 0 Å². The molecule has 0 aliphatic carbocycles. The third-order valence-corrected chi connectivity index (χ3v) is 2.86. The number of carbonyl (C=O) groups excluding carboxylic acids is 1. The van der Waals surface area contributed by atoms with E-state index >= 15 is 0 Å². The Morgan fingerprint density at radius 2 is 2.07 bits per heavy atom. The zero-order chi connectivity index (χ0) is 11.9. The summed E-state index contributed by atoms with van der Waals surface area (Å²) in [5.74, 6) is -0.187. The lowest BCUT2D eigenvalue weighted by atomic mass is 9.84. The molecule has 2 atom stereocenters. The van der Waals surface area contributed by atoms with Crippen LogP contribution in [0.5, 0.6) is 0 Å². The van der Waals surface area contributed by atoms with Gasteiger partial charge >= 0.3 is 5.97 Å². The molecule has 0 bridgehead atoms. The largest absolute Gasteiger partial charge is 0.466 e. The summed E-state index contributed by atoms with van der Waals surface area (Å²) >= 11 is 0. The number of unbranched alkanes of at least 4 members (excludes halogenated alkanes) is 1. The quantitative estimate of drug-likeness (QED) is 0.665. The third-order valence-electron chi connectivity index (χ3n) is 2.86. The van der Waals surface area contributed by atoms with Gasteiger partial charge in [-0.15, -0.1) is 0 Å². The van der Waals surface area contributed by atoms with Crippen molar-refractivity contribution in [3.05, 3.63) is 0 Å². The van der Waals surface area contributed by atoms with Crippen LogP contribution in [0.2, 0.25) is 0 Å². The first-order valence-electron chi connectivity index (χ1n) is 5.82. The fraction of sp³-hybridized carbons (Fsp3) is 0.917. The van der Waals surface area contributed by atoms with E-state index in [1.165, 1.54) is 0 Å². The van der Waals surface area contributed by atoms with Gasteiger partial charge < -0.3 is 9.84 Å². The summed E-state index contributed by atoms with van der Waals surface area (Å²) in [6.45, 7) is 7.96. The van der Waals surface area contributed by atoms with Gasteiger partial charge in [0, 0.05) is 0 Å². The molecule has 0 aromatic heterocycles. The molecule has 0 fully saturated rings. The van der Waals surface area contributed by atoms with Gasteiger partial charge in [0.15, 0.2) is 0 Å². The first kappa shape index (κ1) is 14.4. The van der Waals surface area contributed by atoms with Crippen LogP contribution in [-0.4, -0.2) is 23.3 Å². The Bertz CT molecular complexity index is 187. The highest BCUT2D eigenvalue weighted by Gasteiger charge is 2.31. The average Bonchev–Trinajstić information content (AvgIpc) is 2.13. The Morgan fingerprint density at radius 3 is 2.53 bits per heavy atom. The highest BCUT2D eigenvalue weighted by atomic mass is 16.5. The SMILES string of the molecule is CCCCC(C)C(C)(O)CC(=O)OCC. The normalized spacial score (nSPS) is 16.9. The van der Waals surface area contributed by atoms with Crippen LogP contribution < -0.4 is 0 Å². The second-order valence-electron chi connectivity index (χ2n) is 4.38. The van der Waals surface area contributed by atoms with Gasteiger partial charge in [0.05, 0.1) is 18.6 Å². The Morgan fingerprint density at radius 1 is 1.47 bits per heavy atom. The molecule has 90 valence electrons. The summed E-state index contributed by atoms with van der Waals surface area (Å²) in [4.78, 5) is 11.3. The molecule has 0 heterocycles. The van der Waals surface area contributed by atoms with Crippen LogP contribution in [0.25, 0.3) is 0 Å². The lowest BCUT2D eigenvalue weighted by Gasteiger charge is -2.29. The van der Waals surface area contributed by atoms with Gasteiger partial charge in [-0.3, -0.25) is 4.79 Å². The highest BCUT2D eigenvalue weighted by molar-refractivity contribution is 5.70. The van der Waals surface area contributed by atoms with Crippen LogP contribution in [0.15, 0.2) is 0 Å². The molecule has 0 spiro atoms. The van der Waals surface area contributed by atoms with Gasteiger partial charge in [-0.05, 0) is 26.2 Å². The zero-order valence-electron chi connectivity index (χ0n) is 10.4. The maximum absolute atomic E-state index is 11.3. The molecule has 0 aromatic rings. The van der Waals surface area contributed by atoms with Crippen LogP contribution in [-0.2, 0) is 9.53 Å². The number of aliphatic hydroxyl groups is 1. The van der Waals surface area contributed by atoms with Crippen molar-refractivity contribution in [3.8, 4) is 0 Å². The fourth-order valence-corrected chi connectivity index (χ4v) is 1.50. The number of ether oxygens (including phenoxy) is 1. The van der Waals surface area contributed by atoms with E-state index in [0.717, 1.165) is 19.3 Å². The molecule has 0 saturated carbocycles. The summed E-state index contributed by atoms with van der Waals surface area (Å²) in [5, 5.41) is 10.1.